The second-order valence-electron chi connectivity index (χ2n) is 6.67. The molecule has 0 bridgehead atoms. The second-order valence-corrected chi connectivity index (χ2v) is 6.67. The zero-order valence-corrected chi connectivity index (χ0v) is 14.1. The van der Waals surface area contributed by atoms with Crippen LogP contribution in [0, 0.1) is 0 Å². The highest BCUT2D eigenvalue weighted by Gasteiger charge is 2.31. The Morgan fingerprint density at radius 1 is 1.15 bits per heavy atom. The monoisotopic (exact) mass is 378 g/mol. The smallest absolute Gasteiger partial charge is 0.416 e. The predicted molar refractivity (Wildman–Crippen MR) is 92.4 cm³/mol. The molecular weight excluding hydrogens is 361 g/mol. The third-order valence-electron chi connectivity index (χ3n) is 4.78. The highest BCUT2D eigenvalue weighted by Crippen LogP contribution is 2.37. The van der Waals surface area contributed by atoms with E-state index in [2.05, 4.69) is 15.5 Å². The minimum Gasteiger partial charge on any atom is -0.507 e. The summed E-state index contributed by atoms with van der Waals surface area (Å²) in [6.07, 6.45) is -0.969. The molecule has 27 heavy (non-hydrogen) atoms. The molecule has 1 fully saturated rings. The normalized spacial score (nSPS) is 20.3. The van der Waals surface area contributed by atoms with Crippen LogP contribution in [0.1, 0.15) is 24.8 Å². The van der Waals surface area contributed by atoms with Crippen molar-refractivity contribution >= 4 is 11.5 Å². The molecule has 4 rings (SSSR count). The molecule has 3 aromatic rings. The van der Waals surface area contributed by atoms with Crippen molar-refractivity contribution in [1.82, 2.24) is 14.6 Å². The van der Waals surface area contributed by atoms with Gasteiger partial charge in [-0.3, -0.25) is 4.40 Å². The molecule has 9 heteroatoms. The number of nitrogens with one attached hydrogen (secondary N) is 1. The van der Waals surface area contributed by atoms with Crippen LogP contribution in [0.25, 0.3) is 16.8 Å². The average Bonchev–Trinajstić information content (AvgIpc) is 3.24. The van der Waals surface area contributed by atoms with E-state index in [0.717, 1.165) is 18.9 Å². The Hall–Kier alpha value is -2.81. The molecule has 0 aliphatic heterocycles. The molecule has 0 unspecified atom stereocenters. The van der Waals surface area contributed by atoms with Crippen molar-refractivity contribution < 1.29 is 23.4 Å². The number of nitrogens with zero attached hydrogens (tertiary/aromatic N) is 3. The van der Waals surface area contributed by atoms with Gasteiger partial charge in [0.2, 0.25) is 5.95 Å². The van der Waals surface area contributed by atoms with E-state index < -0.39 is 17.5 Å². The zero-order chi connectivity index (χ0) is 19.2. The summed E-state index contributed by atoms with van der Waals surface area (Å²) in [5.41, 5.74) is 0.118. The molecule has 1 saturated carbocycles. The van der Waals surface area contributed by atoms with Crippen LogP contribution >= 0.6 is 0 Å². The minimum absolute atomic E-state index is 0.0743. The summed E-state index contributed by atoms with van der Waals surface area (Å²) in [5.74, 6) is -0.0360. The van der Waals surface area contributed by atoms with Gasteiger partial charge in [-0.15, -0.1) is 10.2 Å². The number of fused-ring (bicyclic) bond motifs is 1. The number of benzene rings is 1. The van der Waals surface area contributed by atoms with E-state index >= 15 is 0 Å². The fraction of sp³-hybridized carbons (Fsp3) is 0.333. The number of aliphatic hydroxyl groups excluding tert-OH is 1. The first-order valence-corrected chi connectivity index (χ1v) is 8.52. The van der Waals surface area contributed by atoms with Gasteiger partial charge < -0.3 is 15.5 Å². The summed E-state index contributed by atoms with van der Waals surface area (Å²) in [6, 6.07) is 6.36. The molecule has 0 amide bonds. The lowest BCUT2D eigenvalue weighted by Gasteiger charge is -2.15. The Balaban J connectivity index is 1.72. The summed E-state index contributed by atoms with van der Waals surface area (Å²) < 4.78 is 40.2. The molecule has 2 heterocycles. The predicted octanol–water partition coefficient (Wildman–Crippen LogP) is 3.45. The van der Waals surface area contributed by atoms with Crippen LogP contribution in [0.15, 0.2) is 36.5 Å². The quantitative estimate of drug-likeness (QED) is 0.650. The highest BCUT2D eigenvalue weighted by molar-refractivity contribution is 5.81. The lowest BCUT2D eigenvalue weighted by atomic mass is 10.1. The molecule has 3 N–H and O–H groups in total. The molecular formula is C18H17F3N4O2. The molecule has 2 atom stereocenters. The number of hydrogen-bond donors (Lipinski definition) is 3. The van der Waals surface area contributed by atoms with Crippen molar-refractivity contribution in [3.63, 3.8) is 0 Å². The fourth-order valence-corrected chi connectivity index (χ4v) is 3.43. The van der Waals surface area contributed by atoms with Crippen molar-refractivity contribution in [2.45, 2.75) is 37.6 Å². The van der Waals surface area contributed by atoms with Gasteiger partial charge in [-0.2, -0.15) is 13.2 Å². The molecule has 0 saturated heterocycles. The van der Waals surface area contributed by atoms with Gasteiger partial charge in [-0.25, -0.2) is 0 Å². The topological polar surface area (TPSA) is 82.7 Å². The third-order valence-corrected chi connectivity index (χ3v) is 4.78. The summed E-state index contributed by atoms with van der Waals surface area (Å²) >= 11 is 0. The highest BCUT2D eigenvalue weighted by atomic mass is 19.4. The number of hydrogen-bond acceptors (Lipinski definition) is 5. The van der Waals surface area contributed by atoms with Crippen LogP contribution < -0.4 is 5.32 Å². The van der Waals surface area contributed by atoms with Crippen LogP contribution in [-0.4, -0.2) is 37.0 Å². The van der Waals surface area contributed by atoms with E-state index in [1.54, 1.807) is 22.7 Å². The summed E-state index contributed by atoms with van der Waals surface area (Å²) in [5, 5.41) is 31.3. The number of anilines is 1. The molecule has 2 aromatic heterocycles. The van der Waals surface area contributed by atoms with E-state index in [0.29, 0.717) is 24.0 Å². The van der Waals surface area contributed by atoms with Gasteiger partial charge in [0.05, 0.1) is 17.2 Å². The first kappa shape index (κ1) is 17.6. The van der Waals surface area contributed by atoms with Gasteiger partial charge in [0.25, 0.3) is 0 Å². The van der Waals surface area contributed by atoms with E-state index in [-0.39, 0.29) is 23.4 Å². The van der Waals surface area contributed by atoms with E-state index in [9.17, 15) is 23.4 Å². The average molecular weight is 378 g/mol. The maximum Gasteiger partial charge on any atom is 0.416 e. The zero-order valence-electron chi connectivity index (χ0n) is 14.1. The number of aliphatic hydroxyl groups is 1. The number of aromatic hydroxyl groups is 1. The standard InChI is InChI=1S/C18H17F3N4O2/c19-18(20,21)10-3-6-13(15(27)8-10)16-14-2-1-7-25(14)17(24-23-16)22-11-4-5-12(26)9-11/h1-3,6-8,11-12,26-27H,4-5,9H2,(H,22,24)/t11-,12+/m1/s1. The third kappa shape index (κ3) is 3.30. The number of phenolic OH excluding ortho intramolecular Hbond substituents is 1. The van der Waals surface area contributed by atoms with E-state index in [4.69, 9.17) is 0 Å². The molecule has 1 aromatic carbocycles. The molecule has 142 valence electrons. The van der Waals surface area contributed by atoms with Crippen molar-refractivity contribution in [2.75, 3.05) is 5.32 Å². The Morgan fingerprint density at radius 2 is 1.96 bits per heavy atom. The number of halogens is 3. The van der Waals surface area contributed by atoms with Crippen molar-refractivity contribution in [1.29, 1.82) is 0 Å². The Bertz CT molecular complexity index is 986. The van der Waals surface area contributed by atoms with Gasteiger partial charge in [-0.05, 0) is 49.6 Å². The van der Waals surface area contributed by atoms with Gasteiger partial charge in [-0.1, -0.05) is 0 Å². The first-order chi connectivity index (χ1) is 12.8. The van der Waals surface area contributed by atoms with Crippen molar-refractivity contribution in [3.05, 3.63) is 42.1 Å². The molecule has 0 spiro atoms. The van der Waals surface area contributed by atoms with Crippen LogP contribution in [0.4, 0.5) is 19.1 Å². The molecule has 1 aliphatic rings. The van der Waals surface area contributed by atoms with Crippen LogP contribution in [0.2, 0.25) is 0 Å². The maximum absolute atomic E-state index is 12.8. The van der Waals surface area contributed by atoms with E-state index in [1.165, 1.54) is 6.07 Å². The van der Waals surface area contributed by atoms with Crippen LogP contribution in [0.5, 0.6) is 5.75 Å². The summed E-state index contributed by atoms with van der Waals surface area (Å²) in [7, 11) is 0. The number of aromatic nitrogens is 3. The summed E-state index contributed by atoms with van der Waals surface area (Å²) in [6.45, 7) is 0. The Kier molecular flexibility index (Phi) is 4.18. The second kappa shape index (κ2) is 6.41. The molecule has 0 radical (unpaired) electrons. The molecule has 6 nitrogen and oxygen atoms in total. The lowest BCUT2D eigenvalue weighted by Crippen LogP contribution is -2.20. The van der Waals surface area contributed by atoms with Gasteiger partial charge in [0.15, 0.2) is 0 Å². The number of alkyl halides is 3. The summed E-state index contributed by atoms with van der Waals surface area (Å²) in [4.78, 5) is 0. The lowest BCUT2D eigenvalue weighted by molar-refractivity contribution is -0.137. The van der Waals surface area contributed by atoms with Gasteiger partial charge in [0, 0.05) is 17.8 Å². The number of phenols is 1. The van der Waals surface area contributed by atoms with Crippen LogP contribution in [-0.2, 0) is 6.18 Å². The Labute approximate surface area is 152 Å². The SMILES string of the molecule is Oc1cc(C(F)(F)F)ccc1-c1nnc(N[C@@H]2CC[C@H](O)C2)n2cccc12. The largest absolute Gasteiger partial charge is 0.507 e. The molecule has 1 aliphatic carbocycles. The minimum atomic E-state index is -4.54. The maximum atomic E-state index is 12.8. The van der Waals surface area contributed by atoms with Gasteiger partial charge >= 0.3 is 6.18 Å². The first-order valence-electron chi connectivity index (χ1n) is 8.52. The fourth-order valence-electron chi connectivity index (χ4n) is 3.43. The van der Waals surface area contributed by atoms with Crippen LogP contribution in [0.3, 0.4) is 0 Å². The van der Waals surface area contributed by atoms with Gasteiger partial charge in [0.1, 0.15) is 11.4 Å². The Morgan fingerprint density at radius 3 is 2.63 bits per heavy atom. The van der Waals surface area contributed by atoms with E-state index in [1.807, 2.05) is 0 Å². The number of rotatable bonds is 3. The van der Waals surface area contributed by atoms with Crippen molar-refractivity contribution in [3.8, 4) is 17.0 Å². The van der Waals surface area contributed by atoms with Crippen molar-refractivity contribution in [2.24, 2.45) is 0 Å².